The summed E-state index contributed by atoms with van der Waals surface area (Å²) in [6, 6.07) is 11.0. The predicted octanol–water partition coefficient (Wildman–Crippen LogP) is 3.62. The third kappa shape index (κ3) is 3.31. The van der Waals surface area contributed by atoms with Crippen LogP contribution in [0.4, 0.5) is 0 Å². The lowest BCUT2D eigenvalue weighted by Gasteiger charge is -2.30. The van der Waals surface area contributed by atoms with Crippen LogP contribution in [0, 0.1) is 5.92 Å². The second kappa shape index (κ2) is 7.59. The zero-order chi connectivity index (χ0) is 17.1. The van der Waals surface area contributed by atoms with E-state index in [4.69, 9.17) is 4.74 Å². The van der Waals surface area contributed by atoms with Gasteiger partial charge in [0.1, 0.15) is 0 Å². The lowest BCUT2D eigenvalue weighted by Crippen LogP contribution is -2.27. The minimum absolute atomic E-state index is 0.524. The van der Waals surface area contributed by atoms with Gasteiger partial charge in [0.15, 0.2) is 0 Å². The predicted molar refractivity (Wildman–Crippen MR) is 103 cm³/mol. The molecule has 0 radical (unpaired) electrons. The fourth-order valence-electron chi connectivity index (χ4n) is 4.30. The van der Waals surface area contributed by atoms with Crippen LogP contribution < -0.4 is 5.32 Å². The number of nitrogens with zero attached hydrogens (tertiary/aromatic N) is 1. The summed E-state index contributed by atoms with van der Waals surface area (Å²) in [4.78, 5) is 2.52. The van der Waals surface area contributed by atoms with Gasteiger partial charge < -0.3 is 15.0 Å². The lowest BCUT2D eigenvalue weighted by atomic mass is 9.86. The molecule has 1 fully saturated rings. The van der Waals surface area contributed by atoms with E-state index in [9.17, 15) is 0 Å². The van der Waals surface area contributed by atoms with Crippen LogP contribution in [0.15, 0.2) is 59.3 Å². The summed E-state index contributed by atoms with van der Waals surface area (Å²) in [6.07, 6.45) is 7.06. The van der Waals surface area contributed by atoms with Crippen molar-refractivity contribution >= 4 is 5.57 Å². The molecule has 1 aromatic carbocycles. The lowest BCUT2D eigenvalue weighted by molar-refractivity contribution is 0.149. The van der Waals surface area contributed by atoms with Gasteiger partial charge in [0.05, 0.1) is 18.9 Å². The molecule has 3 nitrogen and oxygen atoms in total. The van der Waals surface area contributed by atoms with Crippen molar-refractivity contribution in [2.75, 3.05) is 39.4 Å². The van der Waals surface area contributed by atoms with Gasteiger partial charge in [-0.05, 0) is 38.4 Å². The second-order valence-electron chi connectivity index (χ2n) is 7.03. The number of hydrogen-bond donors (Lipinski definition) is 1. The molecule has 1 atom stereocenters. The summed E-state index contributed by atoms with van der Waals surface area (Å²) in [5.41, 5.74) is 7.15. The van der Waals surface area contributed by atoms with Crippen LogP contribution in [-0.2, 0) is 4.74 Å². The molecule has 1 unspecified atom stereocenters. The summed E-state index contributed by atoms with van der Waals surface area (Å²) in [5, 5.41) is 3.58. The number of fused-ring (bicyclic) bond motifs is 1. The van der Waals surface area contributed by atoms with Crippen molar-refractivity contribution in [1.82, 2.24) is 10.2 Å². The topological polar surface area (TPSA) is 24.5 Å². The average molecular weight is 336 g/mol. The van der Waals surface area contributed by atoms with Gasteiger partial charge in [-0.25, -0.2) is 0 Å². The number of benzene rings is 1. The van der Waals surface area contributed by atoms with E-state index in [0.717, 1.165) is 45.8 Å². The van der Waals surface area contributed by atoms with Gasteiger partial charge in [0.2, 0.25) is 0 Å². The molecular formula is C22H28N2O. The highest BCUT2D eigenvalue weighted by Gasteiger charge is 2.29. The largest absolute Gasteiger partial charge is 0.375 e. The van der Waals surface area contributed by atoms with Crippen LogP contribution in [0.2, 0.25) is 0 Å². The van der Waals surface area contributed by atoms with Crippen molar-refractivity contribution in [3.05, 3.63) is 64.9 Å². The van der Waals surface area contributed by atoms with Gasteiger partial charge >= 0.3 is 0 Å². The fraction of sp³-hybridized carbons (Fsp3) is 0.455. The molecule has 3 heteroatoms. The van der Waals surface area contributed by atoms with Crippen LogP contribution >= 0.6 is 0 Å². The van der Waals surface area contributed by atoms with E-state index in [1.807, 2.05) is 0 Å². The van der Waals surface area contributed by atoms with Gasteiger partial charge in [0.25, 0.3) is 0 Å². The standard InChI is InChI=1S/C22H28N2O/c1-2-24-14-15-25-16-19-9-8-17-10-12-23-13-11-20(17)21(22(19)24)18-6-4-3-5-7-18/h3-9,17,23H,2,10-16H2,1H3. The molecule has 0 bridgehead atoms. The maximum Gasteiger partial charge on any atom is 0.0738 e. The molecule has 25 heavy (non-hydrogen) atoms. The number of likely N-dealkylation sites (N-methyl/N-ethyl adjacent to an activating group) is 1. The van der Waals surface area contributed by atoms with E-state index >= 15 is 0 Å². The Balaban J connectivity index is 1.94. The Kier molecular flexibility index (Phi) is 5.04. The first kappa shape index (κ1) is 16.6. The van der Waals surface area contributed by atoms with E-state index in [2.05, 4.69) is 59.6 Å². The summed E-state index contributed by atoms with van der Waals surface area (Å²) in [5.74, 6) is 0.524. The normalized spacial score (nSPS) is 24.4. The van der Waals surface area contributed by atoms with Gasteiger partial charge in [-0.15, -0.1) is 0 Å². The summed E-state index contributed by atoms with van der Waals surface area (Å²) in [7, 11) is 0. The first-order chi connectivity index (χ1) is 12.4. The highest BCUT2D eigenvalue weighted by Crippen LogP contribution is 2.40. The number of nitrogens with one attached hydrogen (secondary N) is 1. The Morgan fingerprint density at radius 2 is 2.08 bits per heavy atom. The van der Waals surface area contributed by atoms with Crippen LogP contribution in [0.5, 0.6) is 0 Å². The van der Waals surface area contributed by atoms with Gasteiger partial charge in [-0.1, -0.05) is 48.1 Å². The third-order valence-electron chi connectivity index (χ3n) is 5.57. The Morgan fingerprint density at radius 1 is 1.20 bits per heavy atom. The van der Waals surface area contributed by atoms with E-state index in [0.29, 0.717) is 5.92 Å². The number of rotatable bonds is 2. The molecule has 2 heterocycles. The summed E-state index contributed by atoms with van der Waals surface area (Å²) >= 11 is 0. The highest BCUT2D eigenvalue weighted by atomic mass is 16.5. The van der Waals surface area contributed by atoms with Crippen molar-refractivity contribution in [3.8, 4) is 0 Å². The molecular weight excluding hydrogens is 308 g/mol. The van der Waals surface area contributed by atoms with Crippen LogP contribution in [0.1, 0.15) is 25.3 Å². The van der Waals surface area contributed by atoms with Gasteiger partial charge in [-0.3, -0.25) is 0 Å². The van der Waals surface area contributed by atoms with Crippen molar-refractivity contribution in [2.24, 2.45) is 5.92 Å². The van der Waals surface area contributed by atoms with E-state index in [1.165, 1.54) is 28.8 Å². The third-order valence-corrected chi connectivity index (χ3v) is 5.57. The molecule has 3 aliphatic rings. The highest BCUT2D eigenvalue weighted by molar-refractivity contribution is 5.83. The quantitative estimate of drug-likeness (QED) is 0.893. The van der Waals surface area contributed by atoms with Crippen molar-refractivity contribution < 1.29 is 4.74 Å². The number of hydrogen-bond acceptors (Lipinski definition) is 3. The van der Waals surface area contributed by atoms with E-state index < -0.39 is 0 Å². The Bertz CT molecular complexity index is 702. The molecule has 1 N–H and O–H groups in total. The molecule has 4 rings (SSSR count). The molecule has 1 aliphatic carbocycles. The average Bonchev–Trinajstić information content (AvgIpc) is 3.05. The molecule has 2 aliphatic heterocycles. The number of allylic oxidation sites excluding steroid dienone is 2. The molecule has 0 amide bonds. The molecule has 0 saturated carbocycles. The van der Waals surface area contributed by atoms with Gasteiger partial charge in [0, 0.05) is 30.2 Å². The first-order valence-corrected chi connectivity index (χ1v) is 9.62. The molecule has 1 saturated heterocycles. The first-order valence-electron chi connectivity index (χ1n) is 9.62. The Morgan fingerprint density at radius 3 is 2.92 bits per heavy atom. The maximum atomic E-state index is 5.93. The summed E-state index contributed by atoms with van der Waals surface area (Å²) < 4.78 is 5.93. The second-order valence-corrected chi connectivity index (χ2v) is 7.03. The van der Waals surface area contributed by atoms with Gasteiger partial charge in [-0.2, -0.15) is 0 Å². The molecule has 1 aromatic rings. The number of ether oxygens (including phenoxy) is 1. The van der Waals surface area contributed by atoms with Crippen LogP contribution in [0.25, 0.3) is 5.57 Å². The smallest absolute Gasteiger partial charge is 0.0738 e. The van der Waals surface area contributed by atoms with Crippen molar-refractivity contribution in [1.29, 1.82) is 0 Å². The van der Waals surface area contributed by atoms with Crippen molar-refractivity contribution in [3.63, 3.8) is 0 Å². The Hall–Kier alpha value is -1.84. The van der Waals surface area contributed by atoms with E-state index in [-0.39, 0.29) is 0 Å². The minimum Gasteiger partial charge on any atom is -0.375 e. The summed E-state index contributed by atoms with van der Waals surface area (Å²) in [6.45, 7) is 7.93. The minimum atomic E-state index is 0.524. The van der Waals surface area contributed by atoms with E-state index in [1.54, 1.807) is 5.57 Å². The monoisotopic (exact) mass is 336 g/mol. The van der Waals surface area contributed by atoms with Crippen LogP contribution in [0.3, 0.4) is 0 Å². The fourth-order valence-corrected chi connectivity index (χ4v) is 4.30. The maximum absolute atomic E-state index is 5.93. The SMILES string of the molecule is CCN1CCOCC2=C1C(c1ccccc1)=C1CCNCCC1C=C2. The molecule has 0 spiro atoms. The zero-order valence-electron chi connectivity index (χ0n) is 15.1. The van der Waals surface area contributed by atoms with Crippen molar-refractivity contribution in [2.45, 2.75) is 19.8 Å². The molecule has 132 valence electrons. The zero-order valence-corrected chi connectivity index (χ0v) is 15.1. The Labute approximate surface area is 151 Å². The molecule has 0 aromatic heterocycles. The van der Waals surface area contributed by atoms with Crippen LogP contribution in [-0.4, -0.2) is 44.3 Å².